The van der Waals surface area contributed by atoms with Gasteiger partial charge < -0.3 is 24.4 Å². The van der Waals surface area contributed by atoms with Crippen molar-refractivity contribution in [2.45, 2.75) is 26.4 Å². The Morgan fingerprint density at radius 3 is 2.27 bits per heavy atom. The zero-order valence-electron chi connectivity index (χ0n) is 17.6. The molecule has 7 nitrogen and oxygen atoms in total. The van der Waals surface area contributed by atoms with E-state index in [1.54, 1.807) is 43.3 Å². The first-order valence-electron chi connectivity index (χ1n) is 9.55. The van der Waals surface area contributed by atoms with Gasteiger partial charge in [0.1, 0.15) is 23.3 Å². The molecular weight excluding hydrogens is 408 g/mol. The maximum atomic E-state index is 13.0. The van der Waals surface area contributed by atoms with Crippen molar-refractivity contribution >= 4 is 23.4 Å². The maximum absolute atomic E-state index is 13.0. The number of likely N-dealkylation sites (N-methyl/N-ethyl adjacent to an activating group) is 1. The second-order valence-corrected chi connectivity index (χ2v) is 7.00. The van der Waals surface area contributed by atoms with Crippen molar-refractivity contribution in [2.75, 3.05) is 27.4 Å². The molecule has 2 rings (SSSR count). The predicted molar refractivity (Wildman–Crippen MR) is 115 cm³/mol. The third-order valence-electron chi connectivity index (χ3n) is 4.45. The zero-order chi connectivity index (χ0) is 22.1. The number of nitrogens with zero attached hydrogens (tertiary/aromatic N) is 1. The first-order valence-corrected chi connectivity index (χ1v) is 9.93. The molecule has 162 valence electrons. The summed E-state index contributed by atoms with van der Waals surface area (Å²) in [5, 5.41) is 3.31. The number of ether oxygens (including phenoxy) is 3. The SMILES string of the molecule is CCNC(=O)[C@@H](C)N(Cc1cccc(Cl)c1)C(=O)COc1cc(OC)cc(OC)c1. The maximum Gasteiger partial charge on any atom is 0.261 e. The molecule has 0 fully saturated rings. The van der Waals surface area contributed by atoms with E-state index in [4.69, 9.17) is 25.8 Å². The van der Waals surface area contributed by atoms with Crippen LogP contribution in [0.2, 0.25) is 5.02 Å². The van der Waals surface area contributed by atoms with Gasteiger partial charge in [-0.2, -0.15) is 0 Å². The van der Waals surface area contributed by atoms with E-state index < -0.39 is 6.04 Å². The minimum absolute atomic E-state index is 0.225. The standard InChI is InChI=1S/C22H27ClN2O5/c1-5-24-22(27)15(2)25(13-16-7-6-8-17(23)9-16)21(26)14-30-20-11-18(28-3)10-19(12-20)29-4/h6-12,15H,5,13-14H2,1-4H3,(H,24,27)/t15-/m1/s1. The molecule has 0 radical (unpaired) electrons. The van der Waals surface area contributed by atoms with Gasteiger partial charge in [0.05, 0.1) is 14.2 Å². The highest BCUT2D eigenvalue weighted by Gasteiger charge is 2.26. The lowest BCUT2D eigenvalue weighted by Crippen LogP contribution is -2.49. The van der Waals surface area contributed by atoms with Gasteiger partial charge in [-0.15, -0.1) is 0 Å². The van der Waals surface area contributed by atoms with Crippen LogP contribution in [0, 0.1) is 0 Å². The zero-order valence-corrected chi connectivity index (χ0v) is 18.4. The monoisotopic (exact) mass is 434 g/mol. The molecule has 0 saturated carbocycles. The van der Waals surface area contributed by atoms with E-state index in [9.17, 15) is 9.59 Å². The first kappa shape index (κ1) is 23.3. The summed E-state index contributed by atoms with van der Waals surface area (Å²) in [7, 11) is 3.06. The van der Waals surface area contributed by atoms with Crippen molar-refractivity contribution < 1.29 is 23.8 Å². The van der Waals surface area contributed by atoms with Crippen LogP contribution >= 0.6 is 11.6 Å². The number of halogens is 1. The Morgan fingerprint density at radius 2 is 1.70 bits per heavy atom. The Kier molecular flexibility index (Phi) is 8.80. The predicted octanol–water partition coefficient (Wildman–Crippen LogP) is 3.29. The molecule has 0 unspecified atom stereocenters. The van der Waals surface area contributed by atoms with Crippen LogP contribution in [-0.2, 0) is 16.1 Å². The number of rotatable bonds is 10. The van der Waals surface area contributed by atoms with Gasteiger partial charge in [-0.1, -0.05) is 23.7 Å². The van der Waals surface area contributed by atoms with Gasteiger partial charge >= 0.3 is 0 Å². The first-order chi connectivity index (χ1) is 14.4. The molecule has 1 N–H and O–H groups in total. The van der Waals surface area contributed by atoms with Crippen LogP contribution in [0.4, 0.5) is 0 Å². The molecule has 8 heteroatoms. The van der Waals surface area contributed by atoms with Crippen LogP contribution in [0.15, 0.2) is 42.5 Å². The molecule has 0 aliphatic carbocycles. The Morgan fingerprint density at radius 1 is 1.07 bits per heavy atom. The van der Waals surface area contributed by atoms with E-state index >= 15 is 0 Å². The average Bonchev–Trinajstić information content (AvgIpc) is 2.75. The number of carbonyl (C=O) groups is 2. The molecule has 2 amide bonds. The van der Waals surface area contributed by atoms with Gasteiger partial charge in [-0.3, -0.25) is 9.59 Å². The van der Waals surface area contributed by atoms with Crippen LogP contribution in [0.1, 0.15) is 19.4 Å². The highest BCUT2D eigenvalue weighted by atomic mass is 35.5. The average molecular weight is 435 g/mol. The summed E-state index contributed by atoms with van der Waals surface area (Å²) < 4.78 is 16.1. The van der Waals surface area contributed by atoms with E-state index in [0.29, 0.717) is 28.8 Å². The largest absolute Gasteiger partial charge is 0.496 e. The summed E-state index contributed by atoms with van der Waals surface area (Å²) in [5.74, 6) is 0.936. The minimum Gasteiger partial charge on any atom is -0.496 e. The van der Waals surface area contributed by atoms with Gasteiger partial charge in [-0.05, 0) is 31.5 Å². The summed E-state index contributed by atoms with van der Waals surface area (Å²) >= 11 is 6.07. The highest BCUT2D eigenvalue weighted by molar-refractivity contribution is 6.30. The van der Waals surface area contributed by atoms with Crippen LogP contribution in [0.5, 0.6) is 17.2 Å². The quantitative estimate of drug-likeness (QED) is 0.621. The molecule has 0 aliphatic heterocycles. The van der Waals surface area contributed by atoms with Gasteiger partial charge in [0, 0.05) is 36.3 Å². The van der Waals surface area contributed by atoms with Crippen LogP contribution < -0.4 is 19.5 Å². The molecule has 2 aromatic rings. The number of carbonyl (C=O) groups excluding carboxylic acids is 2. The molecule has 30 heavy (non-hydrogen) atoms. The molecular formula is C22H27ClN2O5. The topological polar surface area (TPSA) is 77.1 Å². The van der Waals surface area contributed by atoms with E-state index in [1.807, 2.05) is 13.0 Å². The summed E-state index contributed by atoms with van der Waals surface area (Å²) in [5.41, 5.74) is 0.815. The number of amides is 2. The van der Waals surface area contributed by atoms with Crippen molar-refractivity contribution in [3.63, 3.8) is 0 Å². The van der Waals surface area contributed by atoms with E-state index in [0.717, 1.165) is 5.56 Å². The van der Waals surface area contributed by atoms with Crippen molar-refractivity contribution in [2.24, 2.45) is 0 Å². The van der Waals surface area contributed by atoms with Crippen LogP contribution in [-0.4, -0.2) is 50.1 Å². The highest BCUT2D eigenvalue weighted by Crippen LogP contribution is 2.27. The van der Waals surface area contributed by atoms with Crippen molar-refractivity contribution in [1.82, 2.24) is 10.2 Å². The Hall–Kier alpha value is -2.93. The lowest BCUT2D eigenvalue weighted by atomic mass is 10.1. The fraction of sp³-hybridized carbons (Fsp3) is 0.364. The summed E-state index contributed by atoms with van der Waals surface area (Å²) in [6.45, 7) is 3.96. The van der Waals surface area contributed by atoms with Crippen LogP contribution in [0.25, 0.3) is 0 Å². The number of nitrogens with one attached hydrogen (secondary N) is 1. The van der Waals surface area contributed by atoms with Crippen molar-refractivity contribution in [1.29, 1.82) is 0 Å². The number of hydrogen-bond donors (Lipinski definition) is 1. The molecule has 0 heterocycles. The van der Waals surface area contributed by atoms with Crippen molar-refractivity contribution in [3.8, 4) is 17.2 Å². The Bertz CT molecular complexity index is 852. The molecule has 0 saturated heterocycles. The van der Waals surface area contributed by atoms with Gasteiger partial charge in [0.15, 0.2) is 6.61 Å². The van der Waals surface area contributed by atoms with Gasteiger partial charge in [0.2, 0.25) is 5.91 Å². The minimum atomic E-state index is -0.681. The lowest BCUT2D eigenvalue weighted by molar-refractivity contribution is -0.142. The second-order valence-electron chi connectivity index (χ2n) is 6.56. The van der Waals surface area contributed by atoms with Gasteiger partial charge in [0.25, 0.3) is 5.91 Å². The molecule has 0 aliphatic rings. The van der Waals surface area contributed by atoms with E-state index in [1.165, 1.54) is 19.1 Å². The number of methoxy groups -OCH3 is 2. The van der Waals surface area contributed by atoms with E-state index in [2.05, 4.69) is 5.32 Å². The lowest BCUT2D eigenvalue weighted by Gasteiger charge is -2.28. The third-order valence-corrected chi connectivity index (χ3v) is 4.68. The number of hydrogen-bond acceptors (Lipinski definition) is 5. The fourth-order valence-corrected chi connectivity index (χ4v) is 3.04. The third kappa shape index (κ3) is 6.56. The Labute approximate surface area is 181 Å². The molecule has 2 aromatic carbocycles. The number of benzene rings is 2. The normalized spacial score (nSPS) is 11.4. The molecule has 1 atom stereocenters. The molecule has 0 aromatic heterocycles. The smallest absolute Gasteiger partial charge is 0.261 e. The van der Waals surface area contributed by atoms with E-state index in [-0.39, 0.29) is 25.0 Å². The summed E-state index contributed by atoms with van der Waals surface area (Å²) in [6, 6.07) is 11.5. The van der Waals surface area contributed by atoms with Crippen molar-refractivity contribution in [3.05, 3.63) is 53.1 Å². The van der Waals surface area contributed by atoms with Gasteiger partial charge in [-0.25, -0.2) is 0 Å². The fourth-order valence-electron chi connectivity index (χ4n) is 2.83. The molecule has 0 spiro atoms. The summed E-state index contributed by atoms with van der Waals surface area (Å²) in [4.78, 5) is 26.8. The molecule has 0 bridgehead atoms. The van der Waals surface area contributed by atoms with Crippen LogP contribution in [0.3, 0.4) is 0 Å². The Balaban J connectivity index is 2.18. The summed E-state index contributed by atoms with van der Waals surface area (Å²) in [6.07, 6.45) is 0. The second kappa shape index (κ2) is 11.3.